The Balaban J connectivity index is 2.30. The van der Waals surface area contributed by atoms with Crippen LogP contribution in [0.3, 0.4) is 0 Å². The van der Waals surface area contributed by atoms with Crippen LogP contribution in [0.2, 0.25) is 0 Å². The van der Waals surface area contributed by atoms with Crippen LogP contribution >= 0.6 is 0 Å². The number of hydrogen-bond acceptors (Lipinski definition) is 6. The summed E-state index contributed by atoms with van der Waals surface area (Å²) in [5.74, 6) is 0. The Bertz CT molecular complexity index is 567. The first kappa shape index (κ1) is 14.9. The van der Waals surface area contributed by atoms with Gasteiger partial charge in [0.05, 0.1) is 0 Å². The van der Waals surface area contributed by atoms with Crippen LogP contribution in [0.25, 0.3) is 0 Å². The number of aromatic nitrogens is 2. The monoisotopic (exact) mass is 285 g/mol. The molecule has 0 radical (unpaired) electrons. The van der Waals surface area contributed by atoms with Gasteiger partial charge in [0.1, 0.15) is 18.3 Å². The van der Waals surface area contributed by atoms with Crippen molar-refractivity contribution >= 4 is 0 Å². The molecule has 0 aliphatic carbocycles. The summed E-state index contributed by atoms with van der Waals surface area (Å²) in [7, 11) is 5.16. The molecule has 1 fully saturated rings. The lowest BCUT2D eigenvalue weighted by molar-refractivity contribution is -0.0566. The van der Waals surface area contributed by atoms with Gasteiger partial charge in [0.2, 0.25) is 0 Å². The molecular weight excluding hydrogens is 266 g/mol. The van der Waals surface area contributed by atoms with Crippen molar-refractivity contribution in [1.29, 1.82) is 0 Å². The van der Waals surface area contributed by atoms with Crippen LogP contribution in [-0.2, 0) is 9.47 Å². The van der Waals surface area contributed by atoms with Crippen molar-refractivity contribution in [2.24, 2.45) is 0 Å². The third kappa shape index (κ3) is 2.83. The standard InChI is InChI=1S/C12H19N3O5/c1-14(2)6-7-9(17)10(19-3)11(20-7)15-5-4-8(16)13-12(15)18/h4-5,7,9-11,17H,6H2,1-3H3,(H,13,16,18)/t7-,9+,10-,11-/m1/s1. The van der Waals surface area contributed by atoms with Crippen LogP contribution in [0.15, 0.2) is 21.9 Å². The van der Waals surface area contributed by atoms with Gasteiger partial charge in [0, 0.05) is 25.9 Å². The predicted molar refractivity (Wildman–Crippen MR) is 70.6 cm³/mol. The maximum Gasteiger partial charge on any atom is 0.330 e. The molecule has 1 aromatic rings. The van der Waals surface area contributed by atoms with E-state index in [4.69, 9.17) is 9.47 Å². The first-order valence-electron chi connectivity index (χ1n) is 6.26. The highest BCUT2D eigenvalue weighted by Crippen LogP contribution is 2.30. The van der Waals surface area contributed by atoms with Crippen molar-refractivity contribution in [3.8, 4) is 0 Å². The van der Waals surface area contributed by atoms with Crippen LogP contribution in [0.5, 0.6) is 0 Å². The summed E-state index contributed by atoms with van der Waals surface area (Å²) in [6.07, 6.45) is -1.44. The van der Waals surface area contributed by atoms with Gasteiger partial charge in [0.15, 0.2) is 6.23 Å². The average Bonchev–Trinajstić information content (AvgIpc) is 2.65. The molecule has 0 saturated carbocycles. The van der Waals surface area contributed by atoms with Crippen molar-refractivity contribution in [3.05, 3.63) is 33.1 Å². The van der Waals surface area contributed by atoms with Crippen molar-refractivity contribution in [3.63, 3.8) is 0 Å². The maximum atomic E-state index is 11.8. The molecule has 0 amide bonds. The second kappa shape index (κ2) is 5.88. The Labute approximate surface area is 115 Å². The lowest BCUT2D eigenvalue weighted by Crippen LogP contribution is -2.39. The van der Waals surface area contributed by atoms with E-state index in [2.05, 4.69) is 4.98 Å². The Morgan fingerprint density at radius 1 is 1.50 bits per heavy atom. The lowest BCUT2D eigenvalue weighted by atomic mass is 10.1. The summed E-state index contributed by atoms with van der Waals surface area (Å²) in [5.41, 5.74) is -1.08. The van der Waals surface area contributed by atoms with Crippen molar-refractivity contribution < 1.29 is 14.6 Å². The molecule has 2 N–H and O–H groups in total. The quantitative estimate of drug-likeness (QED) is 0.689. The molecule has 0 unspecified atom stereocenters. The number of likely N-dealkylation sites (N-methyl/N-ethyl adjacent to an activating group) is 1. The van der Waals surface area contributed by atoms with Crippen LogP contribution < -0.4 is 11.2 Å². The molecule has 1 aliphatic heterocycles. The van der Waals surface area contributed by atoms with Gasteiger partial charge in [-0.15, -0.1) is 0 Å². The van der Waals surface area contributed by atoms with Crippen molar-refractivity contribution in [2.45, 2.75) is 24.5 Å². The van der Waals surface area contributed by atoms with E-state index in [9.17, 15) is 14.7 Å². The number of nitrogens with zero attached hydrogens (tertiary/aromatic N) is 2. The van der Waals surface area contributed by atoms with Gasteiger partial charge in [-0.1, -0.05) is 0 Å². The van der Waals surface area contributed by atoms with Gasteiger partial charge < -0.3 is 19.5 Å². The average molecular weight is 285 g/mol. The van der Waals surface area contributed by atoms with Gasteiger partial charge >= 0.3 is 5.69 Å². The van der Waals surface area contributed by atoms with E-state index in [0.29, 0.717) is 6.54 Å². The number of aliphatic hydroxyl groups is 1. The molecule has 2 rings (SSSR count). The number of nitrogens with one attached hydrogen (secondary N) is 1. The Kier molecular flexibility index (Phi) is 4.39. The zero-order chi connectivity index (χ0) is 14.9. The second-order valence-corrected chi connectivity index (χ2v) is 5.04. The maximum absolute atomic E-state index is 11.8. The number of ether oxygens (including phenoxy) is 2. The van der Waals surface area contributed by atoms with E-state index in [0.717, 1.165) is 0 Å². The summed E-state index contributed by atoms with van der Waals surface area (Å²) >= 11 is 0. The number of rotatable bonds is 4. The number of aliphatic hydroxyl groups excluding tert-OH is 1. The molecule has 2 heterocycles. The van der Waals surface area contributed by atoms with Crippen molar-refractivity contribution in [2.75, 3.05) is 27.7 Å². The normalized spacial score (nSPS) is 30.1. The van der Waals surface area contributed by atoms with E-state index in [1.165, 1.54) is 23.9 Å². The number of hydrogen-bond donors (Lipinski definition) is 2. The minimum Gasteiger partial charge on any atom is -0.387 e. The summed E-state index contributed by atoms with van der Waals surface area (Å²) < 4.78 is 12.2. The Morgan fingerprint density at radius 2 is 2.20 bits per heavy atom. The van der Waals surface area contributed by atoms with E-state index < -0.39 is 35.8 Å². The van der Waals surface area contributed by atoms with Gasteiger partial charge in [-0.3, -0.25) is 14.3 Å². The number of H-pyrrole nitrogens is 1. The molecular formula is C12H19N3O5. The van der Waals surface area contributed by atoms with E-state index >= 15 is 0 Å². The molecule has 1 aliphatic rings. The molecule has 1 saturated heterocycles. The smallest absolute Gasteiger partial charge is 0.330 e. The van der Waals surface area contributed by atoms with Crippen LogP contribution in [0.4, 0.5) is 0 Å². The largest absolute Gasteiger partial charge is 0.387 e. The molecule has 20 heavy (non-hydrogen) atoms. The molecule has 8 nitrogen and oxygen atoms in total. The summed E-state index contributed by atoms with van der Waals surface area (Å²) in [5, 5.41) is 10.2. The minimum atomic E-state index is -0.855. The third-order valence-electron chi connectivity index (χ3n) is 3.26. The highest BCUT2D eigenvalue weighted by atomic mass is 16.6. The fourth-order valence-corrected chi connectivity index (χ4v) is 2.34. The molecule has 0 aromatic carbocycles. The number of methoxy groups -OCH3 is 1. The van der Waals surface area contributed by atoms with Gasteiger partial charge in [0.25, 0.3) is 5.56 Å². The SMILES string of the molecule is CO[C@@H]1[C@@H](O)[C@@H](CN(C)C)O[C@H]1n1ccc(=O)[nH]c1=O. The highest BCUT2D eigenvalue weighted by molar-refractivity contribution is 4.94. The number of aromatic amines is 1. The Hall–Kier alpha value is -1.48. The topological polar surface area (TPSA) is 96.8 Å². The van der Waals surface area contributed by atoms with Crippen LogP contribution in [0, 0.1) is 0 Å². The van der Waals surface area contributed by atoms with Gasteiger partial charge in [-0.25, -0.2) is 4.79 Å². The molecule has 8 heteroatoms. The summed E-state index contributed by atoms with van der Waals surface area (Å²) in [4.78, 5) is 26.9. The third-order valence-corrected chi connectivity index (χ3v) is 3.26. The molecule has 0 bridgehead atoms. The zero-order valence-electron chi connectivity index (χ0n) is 11.6. The summed E-state index contributed by atoms with van der Waals surface area (Å²) in [6.45, 7) is 0.496. The second-order valence-electron chi connectivity index (χ2n) is 5.04. The Morgan fingerprint density at radius 3 is 2.75 bits per heavy atom. The molecule has 0 spiro atoms. The van der Waals surface area contributed by atoms with E-state index in [1.807, 2.05) is 19.0 Å². The minimum absolute atomic E-state index is 0.473. The lowest BCUT2D eigenvalue weighted by Gasteiger charge is -2.20. The first-order chi connectivity index (χ1) is 9.43. The van der Waals surface area contributed by atoms with E-state index in [-0.39, 0.29) is 0 Å². The van der Waals surface area contributed by atoms with Crippen LogP contribution in [-0.4, -0.2) is 65.6 Å². The van der Waals surface area contributed by atoms with Crippen molar-refractivity contribution in [1.82, 2.24) is 14.5 Å². The van der Waals surface area contributed by atoms with Gasteiger partial charge in [-0.2, -0.15) is 0 Å². The first-order valence-corrected chi connectivity index (χ1v) is 6.26. The van der Waals surface area contributed by atoms with Crippen LogP contribution in [0.1, 0.15) is 6.23 Å². The van der Waals surface area contributed by atoms with E-state index in [1.54, 1.807) is 0 Å². The van der Waals surface area contributed by atoms with Gasteiger partial charge in [-0.05, 0) is 14.1 Å². The zero-order valence-corrected chi connectivity index (χ0v) is 11.6. The predicted octanol–water partition coefficient (Wildman–Crippen LogP) is -1.63. The fraction of sp³-hybridized carbons (Fsp3) is 0.667. The molecule has 4 atom stereocenters. The fourth-order valence-electron chi connectivity index (χ4n) is 2.34. The molecule has 1 aromatic heterocycles. The summed E-state index contributed by atoms with van der Waals surface area (Å²) in [6, 6.07) is 1.23. The molecule has 112 valence electrons. The highest BCUT2D eigenvalue weighted by Gasteiger charge is 2.45.